The van der Waals surface area contributed by atoms with Crippen molar-refractivity contribution in [2.24, 2.45) is 0 Å². The molecule has 1 unspecified atom stereocenters. The molecular weight excluding hydrogens is 740 g/mol. The van der Waals surface area contributed by atoms with Crippen LogP contribution in [0.5, 0.6) is 11.5 Å². The minimum atomic E-state index is -0.791. The maximum Gasteiger partial charge on any atom is 0.131 e. The van der Waals surface area contributed by atoms with Crippen LogP contribution in [0.4, 0.5) is 0 Å². The van der Waals surface area contributed by atoms with Crippen molar-refractivity contribution in [1.29, 1.82) is 0 Å². The molecule has 0 aliphatic rings. The molecule has 0 saturated carbocycles. The van der Waals surface area contributed by atoms with Crippen LogP contribution in [-0.4, -0.2) is 36.8 Å². The molecular formula is C55H73O3P. The third-order valence-corrected chi connectivity index (χ3v) is 14.3. The number of ether oxygens (including phenoxy) is 1. The second-order valence-electron chi connectivity index (χ2n) is 19.1. The number of phenols is 2. The number of phenolic OH excluding ortho intramolecular Hbond substituents is 2. The van der Waals surface area contributed by atoms with Gasteiger partial charge in [0.25, 0.3) is 0 Å². The molecule has 5 rings (SSSR count). The molecule has 1 atom stereocenters. The molecule has 0 aliphatic heterocycles. The molecule has 0 spiro atoms. The van der Waals surface area contributed by atoms with Gasteiger partial charge in [-0.1, -0.05) is 127 Å². The zero-order valence-electron chi connectivity index (χ0n) is 39.4. The summed E-state index contributed by atoms with van der Waals surface area (Å²) in [6.45, 7) is 36.6. The second kappa shape index (κ2) is 18.8. The van der Waals surface area contributed by atoms with Gasteiger partial charge in [-0.3, -0.25) is 0 Å². The van der Waals surface area contributed by atoms with E-state index in [0.29, 0.717) is 29.9 Å². The average molecular weight is 813 g/mol. The first-order valence-electron chi connectivity index (χ1n) is 22.1. The van der Waals surface area contributed by atoms with Crippen molar-refractivity contribution >= 4 is 13.2 Å². The molecule has 0 bridgehead atoms. The Labute approximate surface area is 359 Å². The van der Waals surface area contributed by atoms with E-state index in [0.717, 1.165) is 67.4 Å². The van der Waals surface area contributed by atoms with Crippen LogP contribution >= 0.6 is 7.92 Å². The molecule has 316 valence electrons. The van der Waals surface area contributed by atoms with Gasteiger partial charge >= 0.3 is 0 Å². The summed E-state index contributed by atoms with van der Waals surface area (Å²) in [6, 6.07) is 22.7. The topological polar surface area (TPSA) is 49.7 Å². The van der Waals surface area contributed by atoms with E-state index in [1.165, 1.54) is 38.7 Å². The largest absolute Gasteiger partial charge is 0.507 e. The van der Waals surface area contributed by atoms with Gasteiger partial charge in [0.05, 0.1) is 6.61 Å². The summed E-state index contributed by atoms with van der Waals surface area (Å²) >= 11 is 0. The number of methoxy groups -OCH3 is 1. The van der Waals surface area contributed by atoms with Gasteiger partial charge in [-0.05, 0) is 171 Å². The number of hydrogen-bond acceptors (Lipinski definition) is 3. The molecule has 59 heavy (non-hydrogen) atoms. The van der Waals surface area contributed by atoms with Crippen molar-refractivity contribution in [3.63, 3.8) is 0 Å². The van der Waals surface area contributed by atoms with Crippen molar-refractivity contribution in [3.05, 3.63) is 111 Å². The third kappa shape index (κ3) is 9.53. The summed E-state index contributed by atoms with van der Waals surface area (Å²) < 4.78 is 5.70. The van der Waals surface area contributed by atoms with Crippen LogP contribution in [0.2, 0.25) is 0 Å². The Morgan fingerprint density at radius 1 is 0.441 bits per heavy atom. The van der Waals surface area contributed by atoms with E-state index in [1.807, 2.05) is 0 Å². The van der Waals surface area contributed by atoms with Gasteiger partial charge in [0.1, 0.15) is 11.5 Å². The molecule has 4 heteroatoms. The fraction of sp³-hybridized carbons (Fsp3) is 0.455. The van der Waals surface area contributed by atoms with Crippen molar-refractivity contribution in [2.45, 2.75) is 139 Å². The summed E-state index contributed by atoms with van der Waals surface area (Å²) in [6.07, 6.45) is 0.852. The molecule has 5 aromatic carbocycles. The van der Waals surface area contributed by atoms with Crippen molar-refractivity contribution < 1.29 is 14.9 Å². The molecule has 0 fully saturated rings. The quantitative estimate of drug-likeness (QED) is 0.110. The number of rotatable bonds is 14. The summed E-state index contributed by atoms with van der Waals surface area (Å²) in [5.41, 5.74) is 18.9. The smallest absolute Gasteiger partial charge is 0.131 e. The number of aryl methyl sites for hydroxylation is 3. The normalized spacial score (nSPS) is 12.7. The Morgan fingerprint density at radius 2 is 0.729 bits per heavy atom. The molecule has 0 saturated heterocycles. The van der Waals surface area contributed by atoms with Crippen LogP contribution in [0.1, 0.15) is 169 Å². The summed E-state index contributed by atoms with van der Waals surface area (Å²) in [4.78, 5) is 0. The van der Waals surface area contributed by atoms with E-state index < -0.39 is 7.92 Å². The minimum Gasteiger partial charge on any atom is -0.507 e. The number of hydrogen-bond donors (Lipinski definition) is 2. The van der Waals surface area contributed by atoms with Gasteiger partial charge in [0.15, 0.2) is 0 Å². The maximum absolute atomic E-state index is 12.8. The highest BCUT2D eigenvalue weighted by molar-refractivity contribution is 7.65. The number of benzene rings is 5. The van der Waals surface area contributed by atoms with E-state index >= 15 is 0 Å². The minimum absolute atomic E-state index is 0.274. The van der Waals surface area contributed by atoms with Gasteiger partial charge < -0.3 is 14.9 Å². The average Bonchev–Trinajstić information content (AvgIpc) is 3.16. The predicted molar refractivity (Wildman–Crippen MR) is 259 cm³/mol. The third-order valence-electron chi connectivity index (χ3n) is 12.2. The van der Waals surface area contributed by atoms with Crippen LogP contribution in [-0.2, 0) is 4.74 Å². The van der Waals surface area contributed by atoms with Crippen LogP contribution < -0.4 is 5.30 Å². The Morgan fingerprint density at radius 3 is 1.00 bits per heavy atom. The highest BCUT2D eigenvalue weighted by atomic mass is 31.1. The molecule has 2 N–H and O–H groups in total. The summed E-state index contributed by atoms with van der Waals surface area (Å²) in [5.74, 6) is 2.52. The molecule has 5 aromatic rings. The highest BCUT2D eigenvalue weighted by Gasteiger charge is 2.28. The van der Waals surface area contributed by atoms with E-state index in [4.69, 9.17) is 4.74 Å². The van der Waals surface area contributed by atoms with Crippen LogP contribution in [0, 0.1) is 20.8 Å². The lowest BCUT2D eigenvalue weighted by Gasteiger charge is -2.27. The lowest BCUT2D eigenvalue weighted by molar-refractivity contribution is 0.218. The van der Waals surface area contributed by atoms with Crippen LogP contribution in [0.3, 0.4) is 0 Å². The Hall–Kier alpha value is -3.91. The lowest BCUT2D eigenvalue weighted by Crippen LogP contribution is -2.14. The van der Waals surface area contributed by atoms with Gasteiger partial charge in [0.2, 0.25) is 0 Å². The second-order valence-corrected chi connectivity index (χ2v) is 21.4. The van der Waals surface area contributed by atoms with E-state index in [9.17, 15) is 10.2 Å². The van der Waals surface area contributed by atoms with E-state index in [-0.39, 0.29) is 23.7 Å². The first kappa shape index (κ1) is 46.2. The SMILES string of the molecule is COCCP(C)c1c(-c2cc(C)cc(-c3c(C(C)C)cc(C(C)C)cc3C(C)C)c2O)cc(C)cc1-c1cc(C)cc(-c2c(C(C)C)cc(C(C)C)cc2C(C)C)c1O. The van der Waals surface area contributed by atoms with Crippen LogP contribution in [0.15, 0.2) is 60.7 Å². The Bertz CT molecular complexity index is 2090. The lowest BCUT2D eigenvalue weighted by atomic mass is 9.80. The Balaban J connectivity index is 1.91. The number of aromatic hydroxyl groups is 2. The van der Waals surface area contributed by atoms with Crippen LogP contribution in [0.25, 0.3) is 44.5 Å². The Kier molecular flexibility index (Phi) is 14.7. The van der Waals surface area contributed by atoms with E-state index in [2.05, 4.69) is 171 Å². The first-order valence-corrected chi connectivity index (χ1v) is 24.0. The van der Waals surface area contributed by atoms with E-state index in [1.54, 1.807) is 7.11 Å². The zero-order valence-corrected chi connectivity index (χ0v) is 40.3. The molecule has 0 aliphatic carbocycles. The van der Waals surface area contributed by atoms with Gasteiger partial charge in [-0.15, -0.1) is 0 Å². The maximum atomic E-state index is 12.8. The molecule has 3 nitrogen and oxygen atoms in total. The monoisotopic (exact) mass is 813 g/mol. The standard InChI is InChI=1S/C55H73O3P/c1-30(2)39-26-41(32(5)6)51(42(27-39)33(7)8)49-24-36(13)20-45(53(49)56)47-22-38(15)23-48(55(47)59(17)19-18-58-16)46-21-37(14)25-50(54(46)57)52-43(34(9)10)28-40(31(3)4)29-44(52)35(11)12/h20-35,56-57H,18-19H2,1-17H3. The molecule has 0 radical (unpaired) electrons. The molecule has 0 aromatic heterocycles. The predicted octanol–water partition coefficient (Wildman–Crippen LogP) is 15.8. The molecule has 0 heterocycles. The summed E-state index contributed by atoms with van der Waals surface area (Å²) in [7, 11) is 0.976. The van der Waals surface area contributed by atoms with Crippen molar-refractivity contribution in [3.8, 4) is 56.0 Å². The van der Waals surface area contributed by atoms with Gasteiger partial charge in [-0.25, -0.2) is 0 Å². The first-order chi connectivity index (χ1) is 27.7. The zero-order chi connectivity index (χ0) is 43.8. The molecule has 0 amide bonds. The fourth-order valence-corrected chi connectivity index (χ4v) is 10.7. The van der Waals surface area contributed by atoms with Crippen molar-refractivity contribution in [1.82, 2.24) is 0 Å². The fourth-order valence-electron chi connectivity index (χ4n) is 8.82. The summed E-state index contributed by atoms with van der Waals surface area (Å²) in [5, 5.41) is 26.8. The van der Waals surface area contributed by atoms with Gasteiger partial charge in [-0.2, -0.15) is 0 Å². The van der Waals surface area contributed by atoms with Gasteiger partial charge in [0, 0.05) is 29.4 Å². The van der Waals surface area contributed by atoms with Crippen molar-refractivity contribution in [2.75, 3.05) is 26.5 Å². The highest BCUT2D eigenvalue weighted by Crippen LogP contribution is 2.51.